The third-order valence-corrected chi connectivity index (χ3v) is 5.59. The minimum Gasteiger partial charge on any atom is -0.299 e. The maximum Gasteiger partial charge on any atom is 0.148 e. The van der Waals surface area contributed by atoms with E-state index >= 15 is 0 Å². The van der Waals surface area contributed by atoms with E-state index in [9.17, 15) is 19.2 Å². The molecule has 0 amide bonds. The highest BCUT2D eigenvalue weighted by Gasteiger charge is 2.83. The molecule has 3 fully saturated rings. The summed E-state index contributed by atoms with van der Waals surface area (Å²) in [6.45, 7) is 7.55. The van der Waals surface area contributed by atoms with Crippen molar-refractivity contribution in [3.8, 4) is 0 Å². The zero-order valence-electron chi connectivity index (χ0n) is 13.2. The summed E-state index contributed by atoms with van der Waals surface area (Å²) in [5.74, 6) is -0.759. The molecule has 0 aromatic rings. The summed E-state index contributed by atoms with van der Waals surface area (Å²) in [4.78, 5) is 50.4. The lowest BCUT2D eigenvalue weighted by molar-refractivity contribution is -0.154. The van der Waals surface area contributed by atoms with Gasteiger partial charge in [-0.2, -0.15) is 0 Å². The fraction of sp³-hybridized carbons (Fsp3) is 0.765. The number of Topliss-reactive ketones (excluding diaryl/α,β-unsaturated/α-hetero) is 4. The number of ketones is 4. The van der Waals surface area contributed by atoms with Gasteiger partial charge in [0.2, 0.25) is 0 Å². The number of carbonyl (C=O) groups excluding carboxylic acids is 4. The van der Waals surface area contributed by atoms with Gasteiger partial charge in [-0.25, -0.2) is 0 Å². The first-order chi connectivity index (χ1) is 9.47. The van der Waals surface area contributed by atoms with Gasteiger partial charge < -0.3 is 0 Å². The van der Waals surface area contributed by atoms with E-state index in [1.54, 1.807) is 0 Å². The molecular weight excluding hydrogens is 268 g/mol. The fourth-order valence-electron chi connectivity index (χ4n) is 4.48. The zero-order valence-corrected chi connectivity index (χ0v) is 13.2. The molecule has 114 valence electrons. The Labute approximate surface area is 124 Å². The second kappa shape index (κ2) is 3.71. The van der Waals surface area contributed by atoms with Gasteiger partial charge >= 0.3 is 0 Å². The van der Waals surface area contributed by atoms with Crippen molar-refractivity contribution in [2.75, 3.05) is 0 Å². The summed E-state index contributed by atoms with van der Waals surface area (Å²) in [5, 5.41) is 0. The Morgan fingerprint density at radius 3 is 1.05 bits per heavy atom. The van der Waals surface area contributed by atoms with Crippen LogP contribution in [-0.4, -0.2) is 23.1 Å². The van der Waals surface area contributed by atoms with Crippen LogP contribution in [0.1, 0.15) is 59.8 Å². The zero-order chi connectivity index (χ0) is 15.8. The Morgan fingerprint density at radius 2 is 0.810 bits per heavy atom. The Hall–Kier alpha value is -1.32. The molecule has 0 saturated heterocycles. The van der Waals surface area contributed by atoms with Gasteiger partial charge in [0.05, 0.1) is 0 Å². The molecule has 21 heavy (non-hydrogen) atoms. The van der Waals surface area contributed by atoms with Gasteiger partial charge in [0.1, 0.15) is 34.0 Å². The maximum absolute atomic E-state index is 12.6. The van der Waals surface area contributed by atoms with Crippen LogP contribution in [0.25, 0.3) is 0 Å². The smallest absolute Gasteiger partial charge is 0.148 e. The van der Waals surface area contributed by atoms with E-state index in [4.69, 9.17) is 0 Å². The molecule has 0 aliphatic heterocycles. The van der Waals surface area contributed by atoms with Crippen molar-refractivity contribution in [2.45, 2.75) is 59.8 Å². The summed E-state index contributed by atoms with van der Waals surface area (Å²) in [6, 6.07) is 0. The van der Waals surface area contributed by atoms with Gasteiger partial charge in [-0.15, -0.1) is 0 Å². The molecule has 3 rings (SSSR count). The number of carbonyl (C=O) groups is 4. The molecule has 0 atom stereocenters. The summed E-state index contributed by atoms with van der Waals surface area (Å²) >= 11 is 0. The molecule has 0 aromatic heterocycles. The molecule has 0 unspecified atom stereocenters. The highest BCUT2D eigenvalue weighted by molar-refractivity contribution is 6.28. The third-order valence-electron chi connectivity index (χ3n) is 5.59. The van der Waals surface area contributed by atoms with Crippen molar-refractivity contribution in [2.24, 2.45) is 21.7 Å². The minimum absolute atomic E-state index is 0.140. The fourth-order valence-corrected chi connectivity index (χ4v) is 4.48. The van der Waals surface area contributed by atoms with E-state index in [-0.39, 0.29) is 66.1 Å². The van der Waals surface area contributed by atoms with Crippen LogP contribution >= 0.6 is 0 Å². The number of fused-ring (bicyclic) bond motifs is 1. The van der Waals surface area contributed by atoms with Crippen LogP contribution in [0.3, 0.4) is 0 Å². The van der Waals surface area contributed by atoms with Crippen LogP contribution < -0.4 is 0 Å². The lowest BCUT2D eigenvalue weighted by Crippen LogP contribution is -2.50. The highest BCUT2D eigenvalue weighted by atomic mass is 16.2. The van der Waals surface area contributed by atoms with Gasteiger partial charge in [0.15, 0.2) is 0 Å². The van der Waals surface area contributed by atoms with Crippen LogP contribution in [0, 0.1) is 21.7 Å². The SMILES string of the molecule is CC1(C)CC(=O)C2(CC23C(=O)CC(C)(C)CC3=O)C(=O)C1. The van der Waals surface area contributed by atoms with Crippen molar-refractivity contribution in [1.29, 1.82) is 0 Å². The predicted molar refractivity (Wildman–Crippen MR) is 75.5 cm³/mol. The van der Waals surface area contributed by atoms with Crippen LogP contribution in [-0.2, 0) is 19.2 Å². The Morgan fingerprint density at radius 1 is 0.571 bits per heavy atom. The molecule has 0 heterocycles. The first kappa shape index (κ1) is 14.6. The molecule has 0 aromatic carbocycles. The third kappa shape index (κ3) is 1.68. The quantitative estimate of drug-likeness (QED) is 0.642. The molecule has 0 N–H and O–H groups in total. The summed E-state index contributed by atoms with van der Waals surface area (Å²) in [7, 11) is 0. The van der Waals surface area contributed by atoms with E-state index in [2.05, 4.69) is 0 Å². The van der Waals surface area contributed by atoms with Gasteiger partial charge in [0.25, 0.3) is 0 Å². The normalized spacial score (nSPS) is 31.8. The van der Waals surface area contributed by atoms with Crippen LogP contribution in [0.4, 0.5) is 0 Å². The molecule has 3 saturated carbocycles. The lowest BCUT2D eigenvalue weighted by atomic mass is 9.61. The average Bonchev–Trinajstić information content (AvgIpc) is 2.94. The monoisotopic (exact) mass is 290 g/mol. The van der Waals surface area contributed by atoms with E-state index in [0.717, 1.165) is 0 Å². The van der Waals surface area contributed by atoms with Gasteiger partial charge in [0, 0.05) is 25.7 Å². The van der Waals surface area contributed by atoms with Crippen molar-refractivity contribution in [3.05, 3.63) is 0 Å². The topological polar surface area (TPSA) is 68.3 Å². The van der Waals surface area contributed by atoms with E-state index in [0.29, 0.717) is 0 Å². The lowest BCUT2D eigenvalue weighted by Gasteiger charge is -2.38. The van der Waals surface area contributed by atoms with Crippen molar-refractivity contribution < 1.29 is 19.2 Å². The standard InChI is InChI=1S/C17H22O4/c1-14(2)5-10(18)16(11(19)6-14)9-17(16)12(20)7-15(3,4)8-13(17)21/h5-9H2,1-4H3. The van der Waals surface area contributed by atoms with Gasteiger partial charge in [-0.1, -0.05) is 27.7 Å². The second-order valence-corrected chi connectivity index (χ2v) is 8.72. The molecule has 3 aliphatic carbocycles. The number of rotatable bonds is 0. The summed E-state index contributed by atoms with van der Waals surface area (Å²) < 4.78 is 0. The minimum atomic E-state index is -1.30. The first-order valence-electron chi connectivity index (χ1n) is 7.60. The maximum atomic E-state index is 12.6. The van der Waals surface area contributed by atoms with E-state index < -0.39 is 10.8 Å². The van der Waals surface area contributed by atoms with Gasteiger partial charge in [-0.05, 0) is 17.3 Å². The Bertz CT molecular complexity index is 502. The number of hydrogen-bond donors (Lipinski definition) is 0. The van der Waals surface area contributed by atoms with Crippen molar-refractivity contribution in [1.82, 2.24) is 0 Å². The molecule has 4 heteroatoms. The molecule has 0 radical (unpaired) electrons. The molecule has 3 aliphatic rings. The van der Waals surface area contributed by atoms with E-state index in [1.165, 1.54) is 0 Å². The molecular formula is C17H22O4. The Balaban J connectivity index is 2.01. The van der Waals surface area contributed by atoms with Crippen LogP contribution in [0.2, 0.25) is 0 Å². The summed E-state index contributed by atoms with van der Waals surface area (Å²) in [5.41, 5.74) is -3.31. The van der Waals surface area contributed by atoms with E-state index in [1.807, 2.05) is 27.7 Å². The van der Waals surface area contributed by atoms with Crippen LogP contribution in [0.5, 0.6) is 0 Å². The Kier molecular flexibility index (Phi) is 2.58. The average molecular weight is 290 g/mol. The number of hydrogen-bond acceptors (Lipinski definition) is 4. The largest absolute Gasteiger partial charge is 0.299 e. The first-order valence-corrected chi connectivity index (χ1v) is 7.60. The van der Waals surface area contributed by atoms with Gasteiger partial charge in [-0.3, -0.25) is 19.2 Å². The van der Waals surface area contributed by atoms with Crippen LogP contribution in [0.15, 0.2) is 0 Å². The highest BCUT2D eigenvalue weighted by Crippen LogP contribution is 2.72. The molecule has 4 nitrogen and oxygen atoms in total. The van der Waals surface area contributed by atoms with Crippen molar-refractivity contribution >= 4 is 23.1 Å². The predicted octanol–water partition coefficient (Wildman–Crippen LogP) is 2.28. The van der Waals surface area contributed by atoms with Crippen molar-refractivity contribution in [3.63, 3.8) is 0 Å². The molecule has 0 bridgehead atoms. The molecule has 2 spiro atoms. The summed E-state index contributed by atoms with van der Waals surface area (Å²) in [6.07, 6.45) is 1.27. The second-order valence-electron chi connectivity index (χ2n) is 8.72.